The Balaban J connectivity index is 2.10. The van der Waals surface area contributed by atoms with E-state index in [2.05, 4.69) is 0 Å². The molecule has 1 aliphatic heterocycles. The zero-order valence-corrected chi connectivity index (χ0v) is 11.3. The van der Waals surface area contributed by atoms with Gasteiger partial charge in [-0.2, -0.15) is 0 Å². The number of aryl methyl sites for hydroxylation is 1. The van der Waals surface area contributed by atoms with Crippen LogP contribution in [0.1, 0.15) is 24.5 Å². The molecule has 1 heterocycles. The van der Waals surface area contributed by atoms with Crippen LogP contribution in [0.25, 0.3) is 0 Å². The first-order chi connectivity index (χ1) is 8.99. The molecule has 1 aliphatic rings. The minimum Gasteiger partial charge on any atom is -0.480 e. The molecule has 102 valence electrons. The lowest BCUT2D eigenvalue weighted by molar-refractivity contribution is -0.149. The van der Waals surface area contributed by atoms with E-state index >= 15 is 0 Å². The van der Waals surface area contributed by atoms with Crippen molar-refractivity contribution in [3.8, 4) is 0 Å². The quantitative estimate of drug-likeness (QED) is 0.903. The molecule has 1 saturated heterocycles. The number of benzene rings is 1. The minimum atomic E-state index is -0.900. The second-order valence-corrected chi connectivity index (χ2v) is 5.30. The van der Waals surface area contributed by atoms with Gasteiger partial charge in [0, 0.05) is 6.54 Å². The number of carboxylic acid groups (broad SMARTS) is 1. The third-order valence-electron chi connectivity index (χ3n) is 3.71. The molecule has 1 N–H and O–H groups in total. The van der Waals surface area contributed by atoms with E-state index in [4.69, 9.17) is 0 Å². The molecular formula is C15H19NO3. The van der Waals surface area contributed by atoms with Crippen LogP contribution in [-0.2, 0) is 16.0 Å². The topological polar surface area (TPSA) is 57.6 Å². The van der Waals surface area contributed by atoms with Gasteiger partial charge < -0.3 is 10.0 Å². The molecule has 0 saturated carbocycles. The second kappa shape index (κ2) is 5.43. The molecule has 0 spiro atoms. The molecule has 0 aliphatic carbocycles. The van der Waals surface area contributed by atoms with Gasteiger partial charge in [0.15, 0.2) is 0 Å². The Hall–Kier alpha value is -1.84. The number of carboxylic acids is 1. The maximum absolute atomic E-state index is 12.2. The van der Waals surface area contributed by atoms with Gasteiger partial charge in [0.1, 0.15) is 6.04 Å². The second-order valence-electron chi connectivity index (χ2n) is 5.30. The van der Waals surface area contributed by atoms with Gasteiger partial charge in [-0.15, -0.1) is 0 Å². The Bertz CT molecular complexity index is 498. The van der Waals surface area contributed by atoms with Crippen LogP contribution < -0.4 is 0 Å². The Morgan fingerprint density at radius 1 is 1.42 bits per heavy atom. The maximum Gasteiger partial charge on any atom is 0.326 e. The summed E-state index contributed by atoms with van der Waals surface area (Å²) in [5, 5.41) is 9.22. The van der Waals surface area contributed by atoms with Crippen LogP contribution in [0.4, 0.5) is 0 Å². The molecule has 0 radical (unpaired) electrons. The number of carbonyl (C=O) groups excluding carboxylic acids is 1. The highest BCUT2D eigenvalue weighted by Crippen LogP contribution is 2.25. The van der Waals surface area contributed by atoms with Gasteiger partial charge >= 0.3 is 5.97 Å². The Morgan fingerprint density at radius 2 is 2.16 bits per heavy atom. The van der Waals surface area contributed by atoms with Crippen molar-refractivity contribution in [3.63, 3.8) is 0 Å². The van der Waals surface area contributed by atoms with E-state index in [0.717, 1.165) is 17.5 Å². The van der Waals surface area contributed by atoms with Crippen LogP contribution in [-0.4, -0.2) is 34.5 Å². The van der Waals surface area contributed by atoms with Gasteiger partial charge in [-0.1, -0.05) is 36.8 Å². The summed E-state index contributed by atoms with van der Waals surface area (Å²) in [6.45, 7) is 4.41. The Labute approximate surface area is 113 Å². The number of aliphatic carboxylic acids is 1. The zero-order valence-electron chi connectivity index (χ0n) is 11.3. The summed E-state index contributed by atoms with van der Waals surface area (Å²) in [6, 6.07) is 7.09. The van der Waals surface area contributed by atoms with Crippen molar-refractivity contribution in [1.82, 2.24) is 4.90 Å². The van der Waals surface area contributed by atoms with E-state index in [-0.39, 0.29) is 18.2 Å². The van der Waals surface area contributed by atoms with Gasteiger partial charge in [0.05, 0.1) is 6.42 Å². The molecule has 1 fully saturated rings. The van der Waals surface area contributed by atoms with E-state index in [1.54, 1.807) is 0 Å². The highest BCUT2D eigenvalue weighted by Gasteiger charge is 2.39. The summed E-state index contributed by atoms with van der Waals surface area (Å²) in [5.74, 6) is -0.969. The zero-order chi connectivity index (χ0) is 14.0. The van der Waals surface area contributed by atoms with Crippen LogP contribution in [0.3, 0.4) is 0 Å². The molecule has 1 aromatic carbocycles. The number of amides is 1. The van der Waals surface area contributed by atoms with Crippen molar-refractivity contribution in [2.45, 2.75) is 32.7 Å². The van der Waals surface area contributed by atoms with Gasteiger partial charge in [-0.25, -0.2) is 4.79 Å². The predicted molar refractivity (Wildman–Crippen MR) is 71.8 cm³/mol. The minimum absolute atomic E-state index is 0.0268. The molecule has 1 amide bonds. The molecule has 4 heteroatoms. The van der Waals surface area contributed by atoms with E-state index < -0.39 is 12.0 Å². The third kappa shape index (κ3) is 2.95. The average molecular weight is 261 g/mol. The maximum atomic E-state index is 12.2. The Morgan fingerprint density at radius 3 is 2.79 bits per heavy atom. The normalized spacial score (nSPS) is 22.5. The third-order valence-corrected chi connectivity index (χ3v) is 3.71. The molecule has 1 aromatic rings. The van der Waals surface area contributed by atoms with Crippen molar-refractivity contribution < 1.29 is 14.7 Å². The molecule has 0 aromatic heterocycles. The lowest BCUT2D eigenvalue weighted by Gasteiger charge is -2.23. The summed E-state index contributed by atoms with van der Waals surface area (Å²) in [5.41, 5.74) is 2.04. The average Bonchev–Trinajstić information content (AvgIpc) is 2.71. The summed E-state index contributed by atoms with van der Waals surface area (Å²) in [4.78, 5) is 25.0. The number of carbonyl (C=O) groups is 2. The molecule has 19 heavy (non-hydrogen) atoms. The van der Waals surface area contributed by atoms with Crippen molar-refractivity contribution in [1.29, 1.82) is 0 Å². The fourth-order valence-electron chi connectivity index (χ4n) is 2.70. The van der Waals surface area contributed by atoms with Crippen LogP contribution in [0.2, 0.25) is 0 Å². The number of nitrogens with zero attached hydrogens (tertiary/aromatic N) is 1. The smallest absolute Gasteiger partial charge is 0.326 e. The van der Waals surface area contributed by atoms with Crippen molar-refractivity contribution >= 4 is 11.9 Å². The standard InChI is InChI=1S/C15H19NO3/c1-10-4-3-5-12(8-10)9-13(17)16-7-6-11(2)14(16)15(18)19/h3-5,8,11,14H,6-7,9H2,1-2H3,(H,18,19). The first kappa shape index (κ1) is 13.6. The number of hydrogen-bond acceptors (Lipinski definition) is 2. The largest absolute Gasteiger partial charge is 0.480 e. The molecule has 2 unspecified atom stereocenters. The van der Waals surface area contributed by atoms with E-state index in [1.807, 2.05) is 38.1 Å². The molecular weight excluding hydrogens is 242 g/mol. The van der Waals surface area contributed by atoms with Gasteiger partial charge in [-0.3, -0.25) is 4.79 Å². The molecule has 2 rings (SSSR count). The van der Waals surface area contributed by atoms with Gasteiger partial charge in [0.25, 0.3) is 0 Å². The van der Waals surface area contributed by atoms with Crippen molar-refractivity contribution in [3.05, 3.63) is 35.4 Å². The first-order valence-corrected chi connectivity index (χ1v) is 6.57. The van der Waals surface area contributed by atoms with Crippen molar-refractivity contribution in [2.75, 3.05) is 6.54 Å². The SMILES string of the molecule is Cc1cccc(CC(=O)N2CCC(C)C2C(=O)O)c1. The van der Waals surface area contributed by atoms with E-state index in [9.17, 15) is 14.7 Å². The number of hydrogen-bond donors (Lipinski definition) is 1. The predicted octanol–water partition coefficient (Wildman–Crippen LogP) is 1.86. The number of likely N-dealkylation sites (tertiary alicyclic amines) is 1. The van der Waals surface area contributed by atoms with Gasteiger partial charge in [-0.05, 0) is 24.8 Å². The molecule has 0 bridgehead atoms. The lowest BCUT2D eigenvalue weighted by atomic mass is 10.0. The van der Waals surface area contributed by atoms with E-state index in [1.165, 1.54) is 4.90 Å². The van der Waals surface area contributed by atoms with Crippen molar-refractivity contribution in [2.24, 2.45) is 5.92 Å². The van der Waals surface area contributed by atoms with Crippen LogP contribution >= 0.6 is 0 Å². The fraction of sp³-hybridized carbons (Fsp3) is 0.467. The lowest BCUT2D eigenvalue weighted by Crippen LogP contribution is -2.43. The summed E-state index contributed by atoms with van der Waals surface area (Å²) in [6.07, 6.45) is 1.04. The molecule has 2 atom stereocenters. The molecule has 4 nitrogen and oxygen atoms in total. The highest BCUT2D eigenvalue weighted by molar-refractivity contribution is 5.85. The summed E-state index contributed by atoms with van der Waals surface area (Å²) in [7, 11) is 0. The number of rotatable bonds is 3. The first-order valence-electron chi connectivity index (χ1n) is 6.57. The van der Waals surface area contributed by atoms with Crippen LogP contribution in [0.5, 0.6) is 0 Å². The van der Waals surface area contributed by atoms with Gasteiger partial charge in [0.2, 0.25) is 5.91 Å². The monoisotopic (exact) mass is 261 g/mol. The fourth-order valence-corrected chi connectivity index (χ4v) is 2.70. The highest BCUT2D eigenvalue weighted by atomic mass is 16.4. The Kier molecular flexibility index (Phi) is 3.88. The van der Waals surface area contributed by atoms with Crippen LogP contribution in [0, 0.1) is 12.8 Å². The summed E-state index contributed by atoms with van der Waals surface area (Å²) < 4.78 is 0. The van der Waals surface area contributed by atoms with E-state index in [0.29, 0.717) is 6.54 Å². The van der Waals surface area contributed by atoms with Crippen LogP contribution in [0.15, 0.2) is 24.3 Å². The summed E-state index contributed by atoms with van der Waals surface area (Å²) >= 11 is 0.